The van der Waals surface area contributed by atoms with E-state index >= 15 is 0 Å². The van der Waals surface area contributed by atoms with Crippen LogP contribution in [0.3, 0.4) is 0 Å². The van der Waals surface area contributed by atoms with E-state index in [1.54, 1.807) is 6.08 Å². The lowest BCUT2D eigenvalue weighted by Crippen LogP contribution is -2.26. The minimum atomic E-state index is -0.936. The molecule has 0 aliphatic carbocycles. The number of carbonyl (C=O) groups is 1. The number of Topliss-reactive ketones (excluding diaryl/α,β-unsaturated/α-hetero) is 1. The zero-order chi connectivity index (χ0) is 20.1. The molecular formula is C23H26N2O3. The van der Waals surface area contributed by atoms with Crippen molar-refractivity contribution in [1.29, 1.82) is 5.26 Å². The Labute approximate surface area is 165 Å². The second-order valence-electron chi connectivity index (χ2n) is 7.41. The molecule has 2 atom stereocenters. The molecule has 0 bridgehead atoms. The van der Waals surface area contributed by atoms with Gasteiger partial charge < -0.3 is 15.1 Å². The third-order valence-corrected chi connectivity index (χ3v) is 5.39. The molecule has 2 N–H and O–H groups in total. The molecule has 0 amide bonds. The molecule has 1 aliphatic rings. The van der Waals surface area contributed by atoms with Crippen LogP contribution in [0, 0.1) is 11.3 Å². The molecule has 2 aromatic rings. The van der Waals surface area contributed by atoms with Gasteiger partial charge in [-0.2, -0.15) is 5.26 Å². The third kappa shape index (κ3) is 4.41. The van der Waals surface area contributed by atoms with Crippen LogP contribution in [0.2, 0.25) is 0 Å². The molecule has 146 valence electrons. The van der Waals surface area contributed by atoms with Gasteiger partial charge in [0.1, 0.15) is 6.07 Å². The highest BCUT2D eigenvalue weighted by molar-refractivity contribution is 6.04. The molecule has 1 saturated heterocycles. The van der Waals surface area contributed by atoms with Crippen LogP contribution < -0.4 is 4.90 Å². The number of aliphatic hydroxyl groups is 2. The highest BCUT2D eigenvalue weighted by Crippen LogP contribution is 2.33. The topological polar surface area (TPSA) is 84.6 Å². The lowest BCUT2D eigenvalue weighted by atomic mass is 10.00. The van der Waals surface area contributed by atoms with Gasteiger partial charge in [0.2, 0.25) is 0 Å². The lowest BCUT2D eigenvalue weighted by molar-refractivity contribution is -0.115. The van der Waals surface area contributed by atoms with Crippen molar-refractivity contribution in [2.24, 2.45) is 0 Å². The zero-order valence-corrected chi connectivity index (χ0v) is 16.1. The summed E-state index contributed by atoms with van der Waals surface area (Å²) >= 11 is 0. The maximum Gasteiger partial charge on any atom is 0.173 e. The van der Waals surface area contributed by atoms with Crippen LogP contribution in [0.25, 0.3) is 16.8 Å². The zero-order valence-electron chi connectivity index (χ0n) is 16.1. The number of hydrogen-bond acceptors (Lipinski definition) is 5. The highest BCUT2D eigenvalue weighted by Gasteiger charge is 2.22. The molecule has 0 radical (unpaired) electrons. The number of allylic oxidation sites excluding steroid dienone is 1. The number of fused-ring (bicyclic) bond motifs is 1. The van der Waals surface area contributed by atoms with Crippen molar-refractivity contribution in [1.82, 2.24) is 0 Å². The van der Waals surface area contributed by atoms with Gasteiger partial charge in [-0.1, -0.05) is 24.3 Å². The highest BCUT2D eigenvalue weighted by atomic mass is 16.3. The first-order chi connectivity index (χ1) is 13.5. The maximum absolute atomic E-state index is 12.3. The van der Waals surface area contributed by atoms with Crippen LogP contribution >= 0.6 is 0 Å². The van der Waals surface area contributed by atoms with Crippen molar-refractivity contribution in [3.63, 3.8) is 0 Å². The van der Waals surface area contributed by atoms with Gasteiger partial charge in [-0.25, -0.2) is 0 Å². The smallest absolute Gasteiger partial charge is 0.173 e. The average Bonchev–Trinajstić information content (AvgIpc) is 3.14. The van der Waals surface area contributed by atoms with Gasteiger partial charge in [-0.3, -0.25) is 4.79 Å². The molecule has 5 nitrogen and oxygen atoms in total. The van der Waals surface area contributed by atoms with Gasteiger partial charge in [0.25, 0.3) is 0 Å². The number of anilines is 1. The number of aliphatic hydroxyl groups excluding tert-OH is 2. The summed E-state index contributed by atoms with van der Waals surface area (Å²) < 4.78 is 0. The number of nitriles is 1. The second-order valence-corrected chi connectivity index (χ2v) is 7.41. The van der Waals surface area contributed by atoms with Gasteiger partial charge in [0.05, 0.1) is 18.3 Å². The Morgan fingerprint density at radius 3 is 2.89 bits per heavy atom. The Morgan fingerprint density at radius 2 is 2.21 bits per heavy atom. The first kappa shape index (κ1) is 20.1. The van der Waals surface area contributed by atoms with E-state index in [9.17, 15) is 15.2 Å². The quantitative estimate of drug-likeness (QED) is 0.569. The molecule has 5 heteroatoms. The Bertz CT molecular complexity index is 929. The van der Waals surface area contributed by atoms with E-state index in [2.05, 4.69) is 30.0 Å². The predicted molar refractivity (Wildman–Crippen MR) is 111 cm³/mol. The van der Waals surface area contributed by atoms with Crippen LogP contribution in [0.4, 0.5) is 5.69 Å². The van der Waals surface area contributed by atoms with Crippen LogP contribution in [0.5, 0.6) is 0 Å². The van der Waals surface area contributed by atoms with E-state index < -0.39 is 6.10 Å². The number of rotatable bonds is 7. The van der Waals surface area contributed by atoms with E-state index in [0.29, 0.717) is 6.04 Å². The molecule has 1 aliphatic heterocycles. The SMILES string of the molecule is CC1CCCN1c1cccc2ccc(/C=C(\C#N)C(=O)CCC(O)CO)cc12. The van der Waals surface area contributed by atoms with Crippen molar-refractivity contribution in [2.45, 2.75) is 44.8 Å². The van der Waals surface area contributed by atoms with Gasteiger partial charge in [-0.15, -0.1) is 0 Å². The van der Waals surface area contributed by atoms with Crippen LogP contribution in [0.15, 0.2) is 42.0 Å². The Morgan fingerprint density at radius 1 is 1.39 bits per heavy atom. The number of benzene rings is 2. The maximum atomic E-state index is 12.3. The summed E-state index contributed by atoms with van der Waals surface area (Å²) in [7, 11) is 0. The second kappa shape index (κ2) is 9.01. The van der Waals surface area contributed by atoms with Gasteiger partial charge in [0.15, 0.2) is 5.78 Å². The standard InChI is InChI=1S/C23H26N2O3/c1-16-4-3-11-25(16)22-6-2-5-18-8-7-17(13-21(18)22)12-19(14-24)23(28)10-9-20(27)15-26/h2,5-8,12-13,16,20,26-27H,3-4,9-11,15H2,1H3/b19-12+. The van der Waals surface area contributed by atoms with E-state index in [1.807, 2.05) is 24.3 Å². The molecule has 0 spiro atoms. The lowest BCUT2D eigenvalue weighted by Gasteiger charge is -2.25. The van der Waals surface area contributed by atoms with Crippen molar-refractivity contribution < 1.29 is 15.0 Å². The van der Waals surface area contributed by atoms with Gasteiger partial charge in [-0.05, 0) is 55.3 Å². The summed E-state index contributed by atoms with van der Waals surface area (Å²) in [5.74, 6) is -0.323. The minimum absolute atomic E-state index is 0.0330. The summed E-state index contributed by atoms with van der Waals surface area (Å²) in [6, 6.07) is 14.7. The molecule has 2 unspecified atom stereocenters. The molecule has 0 aromatic heterocycles. The molecule has 28 heavy (non-hydrogen) atoms. The van der Waals surface area contributed by atoms with Crippen LogP contribution in [-0.4, -0.2) is 41.3 Å². The number of nitrogens with zero attached hydrogens (tertiary/aromatic N) is 2. The van der Waals surface area contributed by atoms with Crippen molar-refractivity contribution >= 4 is 28.3 Å². The Balaban J connectivity index is 1.91. The summed E-state index contributed by atoms with van der Waals surface area (Å²) in [6.45, 7) is 2.89. The van der Waals surface area contributed by atoms with Crippen molar-refractivity contribution in [3.05, 3.63) is 47.5 Å². The molecule has 2 aromatic carbocycles. The van der Waals surface area contributed by atoms with Crippen molar-refractivity contribution in [2.75, 3.05) is 18.1 Å². The van der Waals surface area contributed by atoms with E-state index in [0.717, 1.165) is 22.9 Å². The Hall–Kier alpha value is -2.68. The van der Waals surface area contributed by atoms with Gasteiger partial charge in [0, 0.05) is 30.1 Å². The van der Waals surface area contributed by atoms with E-state index in [-0.39, 0.29) is 30.8 Å². The monoisotopic (exact) mass is 378 g/mol. The summed E-state index contributed by atoms with van der Waals surface area (Å²) in [6.07, 6.45) is 3.22. The molecule has 0 saturated carbocycles. The summed E-state index contributed by atoms with van der Waals surface area (Å²) in [5.41, 5.74) is 2.06. The molecule has 1 heterocycles. The molecule has 1 fully saturated rings. The molecular weight excluding hydrogens is 352 g/mol. The molecule has 3 rings (SSSR count). The Kier molecular flexibility index (Phi) is 6.45. The summed E-state index contributed by atoms with van der Waals surface area (Å²) in [4.78, 5) is 14.7. The van der Waals surface area contributed by atoms with Crippen molar-refractivity contribution in [3.8, 4) is 6.07 Å². The summed E-state index contributed by atoms with van der Waals surface area (Å²) in [5, 5.41) is 29.9. The first-order valence-corrected chi connectivity index (χ1v) is 9.77. The largest absolute Gasteiger partial charge is 0.394 e. The minimum Gasteiger partial charge on any atom is -0.394 e. The average molecular weight is 378 g/mol. The van der Waals surface area contributed by atoms with E-state index in [4.69, 9.17) is 5.11 Å². The van der Waals surface area contributed by atoms with Crippen LogP contribution in [-0.2, 0) is 4.79 Å². The first-order valence-electron chi connectivity index (χ1n) is 9.77. The van der Waals surface area contributed by atoms with E-state index in [1.165, 1.54) is 18.5 Å². The fraction of sp³-hybridized carbons (Fsp3) is 0.391. The van der Waals surface area contributed by atoms with Crippen LogP contribution in [0.1, 0.15) is 38.2 Å². The number of ketones is 1. The van der Waals surface area contributed by atoms with Gasteiger partial charge >= 0.3 is 0 Å². The number of carbonyl (C=O) groups excluding carboxylic acids is 1. The number of hydrogen-bond donors (Lipinski definition) is 2. The normalized spacial score (nSPS) is 18.3. The fourth-order valence-electron chi connectivity index (χ4n) is 3.77. The third-order valence-electron chi connectivity index (χ3n) is 5.39. The fourth-order valence-corrected chi connectivity index (χ4v) is 3.77. The predicted octanol–water partition coefficient (Wildman–Crippen LogP) is 3.44.